The number of rotatable bonds is 7. The topological polar surface area (TPSA) is 92.8 Å². The first-order chi connectivity index (χ1) is 16.6. The molecule has 1 N–H and O–H groups in total. The fourth-order valence-corrected chi connectivity index (χ4v) is 7.15. The van der Waals surface area contributed by atoms with Crippen molar-refractivity contribution in [2.45, 2.75) is 38.0 Å². The molecule has 4 rings (SSSR count). The summed E-state index contributed by atoms with van der Waals surface area (Å²) in [6.07, 6.45) is 2.51. The first-order valence-electron chi connectivity index (χ1n) is 11.0. The fourth-order valence-electron chi connectivity index (χ4n) is 4.14. The third kappa shape index (κ3) is 5.07. The summed E-state index contributed by atoms with van der Waals surface area (Å²) in [6, 6.07) is 11.2. The molecule has 184 valence electrons. The van der Waals surface area contributed by atoms with Crippen molar-refractivity contribution in [3.63, 3.8) is 0 Å². The van der Waals surface area contributed by atoms with Crippen LogP contribution in [0.25, 0.3) is 0 Å². The van der Waals surface area contributed by atoms with Crippen molar-refractivity contribution in [3.05, 3.63) is 74.6 Å². The summed E-state index contributed by atoms with van der Waals surface area (Å²) in [6.45, 7) is 3.11. The van der Waals surface area contributed by atoms with Gasteiger partial charge in [0.2, 0.25) is 5.91 Å². The minimum Gasteiger partial charge on any atom is -0.465 e. The highest BCUT2D eigenvalue weighted by atomic mass is 35.5. The highest BCUT2D eigenvalue weighted by molar-refractivity contribution is 7.92. The molecule has 0 spiro atoms. The number of fused-ring (bicyclic) bond motifs is 1. The Balaban J connectivity index is 1.70. The van der Waals surface area contributed by atoms with Crippen LogP contribution in [0.5, 0.6) is 0 Å². The molecule has 1 amide bonds. The highest BCUT2D eigenvalue weighted by Crippen LogP contribution is 2.39. The number of thiophene rings is 1. The van der Waals surface area contributed by atoms with Crippen molar-refractivity contribution in [1.29, 1.82) is 0 Å². The first kappa shape index (κ1) is 25.2. The van der Waals surface area contributed by atoms with Gasteiger partial charge in [0.15, 0.2) is 0 Å². The van der Waals surface area contributed by atoms with Crippen LogP contribution in [-0.4, -0.2) is 33.9 Å². The number of anilines is 2. The van der Waals surface area contributed by atoms with Gasteiger partial charge in [0.25, 0.3) is 10.0 Å². The molecule has 0 aliphatic heterocycles. The quantitative estimate of drug-likeness (QED) is 0.426. The van der Waals surface area contributed by atoms with E-state index in [1.807, 2.05) is 6.92 Å². The minimum atomic E-state index is -4.08. The van der Waals surface area contributed by atoms with Gasteiger partial charge in [-0.2, -0.15) is 0 Å². The average molecular weight is 533 g/mol. The van der Waals surface area contributed by atoms with Crippen LogP contribution in [0.3, 0.4) is 0 Å². The van der Waals surface area contributed by atoms with Crippen LogP contribution in [0.1, 0.15) is 38.3 Å². The Labute approximate surface area is 213 Å². The van der Waals surface area contributed by atoms with Crippen molar-refractivity contribution in [1.82, 2.24) is 0 Å². The number of esters is 1. The van der Waals surface area contributed by atoms with Gasteiger partial charge in [-0.25, -0.2) is 13.2 Å². The van der Waals surface area contributed by atoms with Gasteiger partial charge >= 0.3 is 5.97 Å². The predicted octanol–water partition coefficient (Wildman–Crippen LogP) is 5.13. The Bertz CT molecular complexity index is 1400. The van der Waals surface area contributed by atoms with E-state index < -0.39 is 28.4 Å². The molecule has 1 aliphatic carbocycles. The molecule has 3 aromatic rings. The Morgan fingerprint density at radius 1 is 1.11 bits per heavy atom. The number of nitrogens with one attached hydrogen (secondary N) is 1. The number of carbonyl (C=O) groups excluding carboxylic acids is 2. The Morgan fingerprint density at radius 3 is 2.49 bits per heavy atom. The molecular weight excluding hydrogens is 508 g/mol. The van der Waals surface area contributed by atoms with Crippen molar-refractivity contribution < 1.29 is 22.7 Å². The van der Waals surface area contributed by atoms with Gasteiger partial charge in [0.1, 0.15) is 11.5 Å². The molecule has 0 radical (unpaired) electrons. The summed E-state index contributed by atoms with van der Waals surface area (Å²) in [5.41, 5.74) is 3.11. The molecule has 35 heavy (non-hydrogen) atoms. The number of hydrogen-bond acceptors (Lipinski definition) is 6. The van der Waals surface area contributed by atoms with E-state index in [1.165, 1.54) is 30.6 Å². The summed E-state index contributed by atoms with van der Waals surface area (Å²) < 4.78 is 33.3. The number of carbonyl (C=O) groups is 2. The lowest BCUT2D eigenvalue weighted by molar-refractivity contribution is -0.114. The fraction of sp³-hybridized carbons (Fsp3) is 0.280. The van der Waals surface area contributed by atoms with Gasteiger partial charge in [-0.3, -0.25) is 9.10 Å². The maximum absolute atomic E-state index is 13.6. The van der Waals surface area contributed by atoms with Crippen LogP contribution in [0.2, 0.25) is 5.02 Å². The minimum absolute atomic E-state index is 0.0654. The zero-order valence-electron chi connectivity index (χ0n) is 19.6. The molecule has 1 aromatic heterocycles. The number of nitrogens with zero attached hydrogens (tertiary/aromatic N) is 1. The summed E-state index contributed by atoms with van der Waals surface area (Å²) in [5, 5.41) is 3.60. The summed E-state index contributed by atoms with van der Waals surface area (Å²) in [4.78, 5) is 26.8. The van der Waals surface area contributed by atoms with Crippen molar-refractivity contribution in [2.75, 3.05) is 23.3 Å². The first-order valence-corrected chi connectivity index (χ1v) is 13.6. The molecule has 0 atom stereocenters. The van der Waals surface area contributed by atoms with E-state index in [9.17, 15) is 18.0 Å². The molecule has 0 fully saturated rings. The zero-order chi connectivity index (χ0) is 25.3. The van der Waals surface area contributed by atoms with Gasteiger partial charge in [-0.1, -0.05) is 29.3 Å². The molecule has 0 saturated heterocycles. The second kappa shape index (κ2) is 10.0. The Kier molecular flexibility index (Phi) is 7.21. The van der Waals surface area contributed by atoms with Gasteiger partial charge in [-0.15, -0.1) is 11.3 Å². The van der Waals surface area contributed by atoms with E-state index in [0.29, 0.717) is 26.8 Å². The van der Waals surface area contributed by atoms with Gasteiger partial charge in [0, 0.05) is 9.90 Å². The maximum atomic E-state index is 13.6. The smallest absolute Gasteiger partial charge is 0.341 e. The molecule has 7 nitrogen and oxygen atoms in total. The summed E-state index contributed by atoms with van der Waals surface area (Å²) in [5.74, 6) is -1.09. The van der Waals surface area contributed by atoms with Crippen molar-refractivity contribution >= 4 is 55.5 Å². The number of methoxy groups -OCH3 is 1. The molecular formula is C25H25ClN2O5S2. The molecule has 0 unspecified atom stereocenters. The van der Waals surface area contributed by atoms with Crippen LogP contribution >= 0.6 is 22.9 Å². The van der Waals surface area contributed by atoms with Gasteiger partial charge in [0.05, 0.1) is 23.3 Å². The van der Waals surface area contributed by atoms with E-state index in [1.54, 1.807) is 37.3 Å². The lowest BCUT2D eigenvalue weighted by Gasteiger charge is -2.25. The van der Waals surface area contributed by atoms with E-state index in [2.05, 4.69) is 5.32 Å². The number of aryl methyl sites for hydroxylation is 3. The monoisotopic (exact) mass is 532 g/mol. The third-order valence-corrected chi connectivity index (χ3v) is 9.10. The zero-order valence-corrected chi connectivity index (χ0v) is 21.9. The molecule has 0 bridgehead atoms. The van der Waals surface area contributed by atoms with E-state index >= 15 is 0 Å². The lowest BCUT2D eigenvalue weighted by Crippen LogP contribution is -2.38. The molecule has 2 aromatic carbocycles. The maximum Gasteiger partial charge on any atom is 0.341 e. The number of hydrogen-bond donors (Lipinski definition) is 1. The van der Waals surface area contributed by atoms with Crippen LogP contribution < -0.4 is 9.62 Å². The third-order valence-electron chi connectivity index (χ3n) is 5.89. The largest absolute Gasteiger partial charge is 0.465 e. The SMILES string of the molecule is COC(=O)c1c(NC(=O)CN(c2ccc(Cl)cc2C)S(=O)(=O)c2ccc(C)cc2)sc2c1CCC2. The van der Waals surface area contributed by atoms with Gasteiger partial charge in [-0.05, 0) is 74.6 Å². The molecule has 0 saturated carbocycles. The van der Waals surface area contributed by atoms with E-state index in [-0.39, 0.29) is 4.90 Å². The molecule has 1 heterocycles. The Hall–Kier alpha value is -2.88. The van der Waals surface area contributed by atoms with Crippen molar-refractivity contribution in [3.8, 4) is 0 Å². The van der Waals surface area contributed by atoms with Crippen LogP contribution in [0.4, 0.5) is 10.7 Å². The molecule has 1 aliphatic rings. The number of amides is 1. The van der Waals surface area contributed by atoms with Crippen LogP contribution in [0.15, 0.2) is 47.4 Å². The number of ether oxygens (including phenoxy) is 1. The van der Waals surface area contributed by atoms with Gasteiger partial charge < -0.3 is 10.1 Å². The number of halogens is 1. The van der Waals surface area contributed by atoms with Crippen LogP contribution in [-0.2, 0) is 32.4 Å². The number of benzene rings is 2. The Morgan fingerprint density at radius 2 is 1.83 bits per heavy atom. The second-order valence-electron chi connectivity index (χ2n) is 8.36. The summed E-state index contributed by atoms with van der Waals surface area (Å²) >= 11 is 7.43. The number of sulfonamides is 1. The lowest BCUT2D eigenvalue weighted by atomic mass is 10.1. The van der Waals surface area contributed by atoms with Crippen molar-refractivity contribution in [2.24, 2.45) is 0 Å². The van der Waals surface area contributed by atoms with E-state index in [0.717, 1.165) is 39.6 Å². The average Bonchev–Trinajstić information content (AvgIpc) is 3.38. The molecule has 10 heteroatoms. The summed E-state index contributed by atoms with van der Waals surface area (Å²) in [7, 11) is -2.78. The highest BCUT2D eigenvalue weighted by Gasteiger charge is 2.31. The predicted molar refractivity (Wildman–Crippen MR) is 138 cm³/mol. The van der Waals surface area contributed by atoms with Crippen LogP contribution in [0, 0.1) is 13.8 Å². The standard InChI is InChI=1S/C25H25ClN2O5S2/c1-15-7-10-18(11-8-15)35(31,32)28(20-12-9-17(26)13-16(20)2)14-22(29)27-24-23(25(30)33-3)19-5-4-6-21(19)34-24/h7-13H,4-6,14H2,1-3H3,(H,27,29). The normalized spacial score (nSPS) is 12.8. The second-order valence-corrected chi connectivity index (χ2v) is 11.8. The van der Waals surface area contributed by atoms with E-state index in [4.69, 9.17) is 16.3 Å².